The molecular weight excluding hydrogens is 454 g/mol. The first-order valence-electron chi connectivity index (χ1n) is 7.55. The van der Waals surface area contributed by atoms with E-state index < -0.39 is 4.75 Å². The Balaban J connectivity index is 1.82. The lowest BCUT2D eigenvalue weighted by atomic mass is 9.91. The highest BCUT2D eigenvalue weighted by Gasteiger charge is 2.46. The maximum Gasteiger partial charge on any atom is 0.181 e. The average Bonchev–Trinajstić information content (AvgIpc) is 2.97. The second-order valence-corrected chi connectivity index (χ2v) is 10.6. The molecule has 0 bridgehead atoms. The van der Waals surface area contributed by atoms with Crippen molar-refractivity contribution in [1.82, 2.24) is 0 Å². The standard InChI is InChI=1S/C18H12Cl4O2S2/c1-18(17(24)12-5-3-10(20)7-14(12)22)8-15(25-26-18)16(23)11-4-2-9(19)6-13(11)21/h2-7,15H,8H2,1H3/t15-,18-/m0/s1. The zero-order chi connectivity index (χ0) is 19.1. The third-order valence-corrected chi connectivity index (χ3v) is 8.68. The fourth-order valence-corrected chi connectivity index (χ4v) is 7.02. The van der Waals surface area contributed by atoms with E-state index in [1.807, 2.05) is 6.92 Å². The summed E-state index contributed by atoms with van der Waals surface area (Å²) in [4.78, 5) is 25.8. The zero-order valence-electron chi connectivity index (χ0n) is 13.4. The molecule has 1 aliphatic heterocycles. The molecule has 1 fully saturated rings. The van der Waals surface area contributed by atoms with Crippen LogP contribution in [0.1, 0.15) is 34.1 Å². The second-order valence-electron chi connectivity index (χ2n) is 6.04. The van der Waals surface area contributed by atoms with Crippen molar-refractivity contribution < 1.29 is 9.59 Å². The minimum absolute atomic E-state index is 0.108. The minimum atomic E-state index is -0.763. The van der Waals surface area contributed by atoms with Crippen LogP contribution >= 0.6 is 68.0 Å². The normalized spacial score (nSPS) is 22.4. The van der Waals surface area contributed by atoms with E-state index in [1.54, 1.807) is 36.4 Å². The summed E-state index contributed by atoms with van der Waals surface area (Å²) in [5, 5.41) is 1.19. The van der Waals surface area contributed by atoms with Gasteiger partial charge in [-0.15, -0.1) is 0 Å². The third-order valence-electron chi connectivity index (χ3n) is 4.07. The molecule has 0 amide bonds. The van der Waals surface area contributed by atoms with Crippen molar-refractivity contribution >= 4 is 79.6 Å². The number of carbonyl (C=O) groups is 2. The Morgan fingerprint density at radius 1 is 0.962 bits per heavy atom. The summed E-state index contributed by atoms with van der Waals surface area (Å²) in [5.74, 6) is -0.225. The summed E-state index contributed by atoms with van der Waals surface area (Å²) in [5.41, 5.74) is 0.819. The van der Waals surface area contributed by atoms with E-state index in [-0.39, 0.29) is 16.8 Å². The molecule has 2 aromatic rings. The van der Waals surface area contributed by atoms with E-state index in [2.05, 4.69) is 0 Å². The van der Waals surface area contributed by atoms with Crippen molar-refractivity contribution in [3.05, 3.63) is 67.6 Å². The molecule has 1 aliphatic rings. The number of hydrogen-bond acceptors (Lipinski definition) is 4. The molecule has 1 heterocycles. The van der Waals surface area contributed by atoms with Crippen molar-refractivity contribution in [2.75, 3.05) is 0 Å². The van der Waals surface area contributed by atoms with Gasteiger partial charge in [-0.3, -0.25) is 9.59 Å². The van der Waals surface area contributed by atoms with Gasteiger partial charge in [-0.25, -0.2) is 0 Å². The van der Waals surface area contributed by atoms with Crippen molar-refractivity contribution in [2.24, 2.45) is 0 Å². The number of rotatable bonds is 4. The summed E-state index contributed by atoms with van der Waals surface area (Å²) in [6.45, 7) is 1.83. The van der Waals surface area contributed by atoms with E-state index >= 15 is 0 Å². The lowest BCUT2D eigenvalue weighted by Gasteiger charge is -2.21. The predicted molar refractivity (Wildman–Crippen MR) is 114 cm³/mol. The average molecular weight is 466 g/mol. The molecule has 0 radical (unpaired) electrons. The Kier molecular flexibility index (Phi) is 6.22. The molecule has 136 valence electrons. The first-order valence-corrected chi connectivity index (χ1v) is 11.3. The first kappa shape index (κ1) is 20.4. The van der Waals surface area contributed by atoms with Gasteiger partial charge in [-0.2, -0.15) is 0 Å². The van der Waals surface area contributed by atoms with Crippen LogP contribution in [0.5, 0.6) is 0 Å². The van der Waals surface area contributed by atoms with E-state index in [9.17, 15) is 9.59 Å². The highest BCUT2D eigenvalue weighted by atomic mass is 35.5. The number of ketones is 2. The van der Waals surface area contributed by atoms with Crippen LogP contribution < -0.4 is 0 Å². The largest absolute Gasteiger partial charge is 0.293 e. The fourth-order valence-electron chi connectivity index (χ4n) is 2.67. The van der Waals surface area contributed by atoms with Crippen molar-refractivity contribution in [1.29, 1.82) is 0 Å². The van der Waals surface area contributed by atoms with Gasteiger partial charge >= 0.3 is 0 Å². The molecule has 8 heteroatoms. The van der Waals surface area contributed by atoms with Gasteiger partial charge in [0.2, 0.25) is 0 Å². The molecule has 3 rings (SSSR count). The van der Waals surface area contributed by atoms with Gasteiger partial charge < -0.3 is 0 Å². The van der Waals surface area contributed by atoms with E-state index in [1.165, 1.54) is 21.6 Å². The van der Waals surface area contributed by atoms with Crippen molar-refractivity contribution in [3.8, 4) is 0 Å². The van der Waals surface area contributed by atoms with E-state index in [4.69, 9.17) is 46.4 Å². The van der Waals surface area contributed by atoms with Gasteiger partial charge in [-0.1, -0.05) is 68.0 Å². The molecule has 2 aromatic carbocycles. The molecule has 0 aromatic heterocycles. The summed E-state index contributed by atoms with van der Waals surface area (Å²) in [6.07, 6.45) is 0.387. The van der Waals surface area contributed by atoms with Crippen molar-refractivity contribution in [3.63, 3.8) is 0 Å². The smallest absolute Gasteiger partial charge is 0.181 e. The van der Waals surface area contributed by atoms with Crippen LogP contribution in [0, 0.1) is 0 Å². The summed E-state index contributed by atoms with van der Waals surface area (Å²) >= 11 is 24.1. The lowest BCUT2D eigenvalue weighted by Crippen LogP contribution is -2.32. The lowest BCUT2D eigenvalue weighted by molar-refractivity contribution is 0.0935. The van der Waals surface area contributed by atoms with E-state index in [0.29, 0.717) is 37.6 Å². The van der Waals surface area contributed by atoms with E-state index in [0.717, 1.165) is 0 Å². The monoisotopic (exact) mass is 464 g/mol. The minimum Gasteiger partial charge on any atom is -0.293 e. The number of carbonyl (C=O) groups excluding carboxylic acids is 2. The Hall–Kier alpha value is -0.360. The molecule has 0 N–H and O–H groups in total. The highest BCUT2D eigenvalue weighted by molar-refractivity contribution is 8.78. The van der Waals surface area contributed by atoms with Crippen LogP contribution in [0.4, 0.5) is 0 Å². The van der Waals surface area contributed by atoms with Crippen LogP contribution in [0.15, 0.2) is 36.4 Å². The molecule has 0 spiro atoms. The van der Waals surface area contributed by atoms with Crippen LogP contribution in [-0.4, -0.2) is 21.6 Å². The second kappa shape index (κ2) is 7.94. The molecule has 2 nitrogen and oxygen atoms in total. The Morgan fingerprint density at radius 3 is 2.04 bits per heavy atom. The molecule has 0 saturated carbocycles. The van der Waals surface area contributed by atoms with Gasteiger partial charge in [0.05, 0.1) is 20.0 Å². The molecule has 2 atom stereocenters. The van der Waals surface area contributed by atoms with Gasteiger partial charge in [0.15, 0.2) is 11.6 Å². The Morgan fingerprint density at radius 2 is 1.50 bits per heavy atom. The molecule has 26 heavy (non-hydrogen) atoms. The maximum atomic E-state index is 13.0. The molecular formula is C18H12Cl4O2S2. The zero-order valence-corrected chi connectivity index (χ0v) is 18.1. The van der Waals surface area contributed by atoms with Crippen LogP contribution in [0.25, 0.3) is 0 Å². The van der Waals surface area contributed by atoms with Gasteiger partial charge in [0.1, 0.15) is 0 Å². The number of benzene rings is 2. The highest BCUT2D eigenvalue weighted by Crippen LogP contribution is 2.53. The molecule has 1 saturated heterocycles. The van der Waals surface area contributed by atoms with Crippen LogP contribution in [-0.2, 0) is 0 Å². The SMILES string of the molecule is C[C@@]1(C(=O)c2ccc(Cl)cc2Cl)C[C@@H](C(=O)c2ccc(Cl)cc2Cl)SS1. The van der Waals surface area contributed by atoms with Gasteiger partial charge in [-0.05, 0) is 49.7 Å². The number of hydrogen-bond donors (Lipinski definition) is 0. The topological polar surface area (TPSA) is 34.1 Å². The van der Waals surface area contributed by atoms with Crippen molar-refractivity contribution in [2.45, 2.75) is 23.3 Å². The molecule has 0 aliphatic carbocycles. The summed E-state index contributed by atoms with van der Waals surface area (Å²) < 4.78 is -0.763. The quantitative estimate of drug-likeness (QED) is 0.351. The predicted octanol–water partition coefficient (Wildman–Crippen LogP) is 7.28. The Bertz CT molecular complexity index is 903. The van der Waals surface area contributed by atoms with Crippen LogP contribution in [0.2, 0.25) is 20.1 Å². The first-order chi connectivity index (χ1) is 12.2. The fraction of sp³-hybridized carbons (Fsp3) is 0.222. The maximum absolute atomic E-state index is 13.0. The molecule has 0 unspecified atom stereocenters. The summed E-state index contributed by atoms with van der Waals surface area (Å²) in [7, 11) is 2.77. The number of Topliss-reactive ketones (excluding diaryl/α,β-unsaturated/α-hetero) is 2. The van der Waals surface area contributed by atoms with Gasteiger partial charge in [0.25, 0.3) is 0 Å². The van der Waals surface area contributed by atoms with Crippen LogP contribution in [0.3, 0.4) is 0 Å². The van der Waals surface area contributed by atoms with Gasteiger partial charge in [0, 0.05) is 21.2 Å². The summed E-state index contributed by atoms with van der Waals surface area (Å²) in [6, 6.07) is 9.59. The third kappa shape index (κ3) is 4.06. The Labute approximate surface area is 179 Å². The number of halogens is 4.